The molecule has 4 aromatic rings. The molecule has 0 amide bonds. The number of hydrogen-bond donors (Lipinski definition) is 1. The number of nitrogens with one attached hydrogen (secondary N) is 1. The molecule has 0 fully saturated rings. The van der Waals surface area contributed by atoms with E-state index >= 15 is 0 Å². The molecule has 1 N–H and O–H groups in total. The largest absolute Gasteiger partial charge is 0.305 e. The molecule has 2 aromatic heterocycles. The second-order valence-corrected chi connectivity index (χ2v) is 6.64. The lowest BCUT2D eigenvalue weighted by Crippen LogP contribution is -2.11. The SMILES string of the molecule is N#CC(=Cc1cnn(Cc2ccccc2)c1)c1nc2cc(Cl)ccc2c(=O)[nH]1. The zero-order valence-electron chi connectivity index (χ0n) is 14.6. The summed E-state index contributed by atoms with van der Waals surface area (Å²) in [6.45, 7) is 0.625. The molecule has 0 aliphatic carbocycles. The van der Waals surface area contributed by atoms with Gasteiger partial charge in [-0.25, -0.2) is 4.98 Å². The molecule has 7 heteroatoms. The minimum atomic E-state index is -0.322. The monoisotopic (exact) mass is 387 g/mol. The Morgan fingerprint density at radius 2 is 2.07 bits per heavy atom. The van der Waals surface area contributed by atoms with Crippen molar-refractivity contribution >= 4 is 34.2 Å². The van der Waals surface area contributed by atoms with Gasteiger partial charge in [0.1, 0.15) is 6.07 Å². The summed E-state index contributed by atoms with van der Waals surface area (Å²) in [5.74, 6) is 0.193. The van der Waals surface area contributed by atoms with E-state index in [-0.39, 0.29) is 17.0 Å². The van der Waals surface area contributed by atoms with Gasteiger partial charge in [-0.2, -0.15) is 10.4 Å². The van der Waals surface area contributed by atoms with Crippen molar-refractivity contribution in [3.63, 3.8) is 0 Å². The summed E-state index contributed by atoms with van der Waals surface area (Å²) < 4.78 is 1.78. The fourth-order valence-electron chi connectivity index (χ4n) is 2.87. The molecule has 4 rings (SSSR count). The van der Waals surface area contributed by atoms with E-state index in [2.05, 4.69) is 21.1 Å². The average Bonchev–Trinajstić information content (AvgIpc) is 3.13. The average molecular weight is 388 g/mol. The van der Waals surface area contributed by atoms with Crippen LogP contribution < -0.4 is 5.56 Å². The van der Waals surface area contributed by atoms with Gasteiger partial charge < -0.3 is 4.98 Å². The molecule has 0 aliphatic rings. The molecule has 28 heavy (non-hydrogen) atoms. The lowest BCUT2D eigenvalue weighted by Gasteiger charge is -2.02. The first-order valence-electron chi connectivity index (χ1n) is 8.50. The first kappa shape index (κ1) is 17.7. The summed E-state index contributed by atoms with van der Waals surface area (Å²) in [6, 6.07) is 16.9. The van der Waals surface area contributed by atoms with E-state index in [0.717, 1.165) is 11.1 Å². The second-order valence-electron chi connectivity index (χ2n) is 6.20. The molecule has 0 spiro atoms. The topological polar surface area (TPSA) is 87.4 Å². The summed E-state index contributed by atoms with van der Waals surface area (Å²) >= 11 is 5.99. The standard InChI is InChI=1S/C21H14ClN5O/c22-17-6-7-18-19(9-17)25-20(26-21(18)28)16(10-23)8-15-11-24-27(13-15)12-14-4-2-1-3-5-14/h1-9,11,13H,12H2,(H,25,26,28). The molecule has 0 atom stereocenters. The number of aromatic nitrogens is 4. The zero-order chi connectivity index (χ0) is 19.5. The van der Waals surface area contributed by atoms with Crippen molar-refractivity contribution in [1.29, 1.82) is 5.26 Å². The van der Waals surface area contributed by atoms with Crippen molar-refractivity contribution in [3.05, 3.63) is 93.3 Å². The molecule has 0 bridgehead atoms. The fraction of sp³-hybridized carbons (Fsp3) is 0.0476. The number of allylic oxidation sites excluding steroid dienone is 1. The lowest BCUT2D eigenvalue weighted by atomic mass is 10.2. The first-order valence-corrected chi connectivity index (χ1v) is 8.88. The van der Waals surface area contributed by atoms with E-state index in [1.807, 2.05) is 36.5 Å². The number of aromatic amines is 1. The normalized spacial score (nSPS) is 11.5. The highest BCUT2D eigenvalue weighted by atomic mass is 35.5. The summed E-state index contributed by atoms with van der Waals surface area (Å²) in [5.41, 5.74) is 2.21. The van der Waals surface area contributed by atoms with Crippen LogP contribution in [0.2, 0.25) is 5.02 Å². The molecule has 0 radical (unpaired) electrons. The van der Waals surface area contributed by atoms with Crippen LogP contribution in [-0.2, 0) is 6.54 Å². The summed E-state index contributed by atoms with van der Waals surface area (Å²) in [7, 11) is 0. The van der Waals surface area contributed by atoms with E-state index in [0.29, 0.717) is 22.5 Å². The second kappa shape index (κ2) is 7.51. The van der Waals surface area contributed by atoms with Gasteiger partial charge >= 0.3 is 0 Å². The molecule has 0 saturated carbocycles. The highest BCUT2D eigenvalue weighted by Gasteiger charge is 2.09. The van der Waals surface area contributed by atoms with Gasteiger partial charge in [-0.3, -0.25) is 9.48 Å². The predicted octanol–water partition coefficient (Wildman–Crippen LogP) is 3.89. The number of nitrogens with zero attached hydrogens (tertiary/aromatic N) is 4. The number of benzene rings is 2. The van der Waals surface area contributed by atoms with Crippen molar-refractivity contribution in [2.45, 2.75) is 6.54 Å². The van der Waals surface area contributed by atoms with Crippen molar-refractivity contribution in [1.82, 2.24) is 19.7 Å². The molecular formula is C21H14ClN5O. The number of nitriles is 1. The lowest BCUT2D eigenvalue weighted by molar-refractivity contribution is 0.687. The molecule has 0 unspecified atom stereocenters. The van der Waals surface area contributed by atoms with E-state index < -0.39 is 0 Å². The Morgan fingerprint density at radius 3 is 2.86 bits per heavy atom. The number of H-pyrrole nitrogens is 1. The van der Waals surface area contributed by atoms with Crippen LogP contribution in [-0.4, -0.2) is 19.7 Å². The smallest absolute Gasteiger partial charge is 0.259 e. The highest BCUT2D eigenvalue weighted by molar-refractivity contribution is 6.31. The molecular weight excluding hydrogens is 374 g/mol. The molecule has 2 aromatic carbocycles. The van der Waals surface area contributed by atoms with E-state index in [1.54, 1.807) is 35.2 Å². The van der Waals surface area contributed by atoms with Gasteiger partial charge in [-0.1, -0.05) is 41.9 Å². The number of fused-ring (bicyclic) bond motifs is 1. The quantitative estimate of drug-likeness (QED) is 0.538. The Labute approximate surface area is 165 Å². The van der Waals surface area contributed by atoms with Crippen molar-refractivity contribution in [3.8, 4) is 6.07 Å². The minimum Gasteiger partial charge on any atom is -0.305 e. The Bertz CT molecular complexity index is 1280. The van der Waals surface area contributed by atoms with Crippen molar-refractivity contribution in [2.75, 3.05) is 0 Å². The van der Waals surface area contributed by atoms with Crippen LogP contribution in [0.25, 0.3) is 22.6 Å². The number of hydrogen-bond acceptors (Lipinski definition) is 4. The highest BCUT2D eigenvalue weighted by Crippen LogP contribution is 2.18. The van der Waals surface area contributed by atoms with Crippen LogP contribution in [0.4, 0.5) is 0 Å². The third-order valence-electron chi connectivity index (χ3n) is 4.20. The van der Waals surface area contributed by atoms with Crippen LogP contribution in [0.15, 0.2) is 65.7 Å². The summed E-state index contributed by atoms with van der Waals surface area (Å²) in [6.07, 6.45) is 5.14. The molecule has 0 saturated heterocycles. The van der Waals surface area contributed by atoms with Gasteiger partial charge in [-0.05, 0) is 29.8 Å². The maximum atomic E-state index is 12.3. The van der Waals surface area contributed by atoms with Gasteiger partial charge in [0.05, 0.1) is 29.2 Å². The van der Waals surface area contributed by atoms with Gasteiger partial charge in [0.2, 0.25) is 0 Å². The number of halogens is 1. The third kappa shape index (κ3) is 3.70. The maximum absolute atomic E-state index is 12.3. The van der Waals surface area contributed by atoms with Crippen molar-refractivity contribution < 1.29 is 0 Å². The third-order valence-corrected chi connectivity index (χ3v) is 4.43. The Kier molecular flexibility index (Phi) is 4.75. The van der Waals surface area contributed by atoms with Crippen LogP contribution in [0.1, 0.15) is 17.0 Å². The Morgan fingerprint density at radius 1 is 1.25 bits per heavy atom. The van der Waals surface area contributed by atoms with Gasteiger partial charge in [0, 0.05) is 16.8 Å². The van der Waals surface area contributed by atoms with E-state index in [4.69, 9.17) is 11.6 Å². The zero-order valence-corrected chi connectivity index (χ0v) is 15.4. The predicted molar refractivity (Wildman–Crippen MR) is 109 cm³/mol. The minimum absolute atomic E-state index is 0.193. The van der Waals surface area contributed by atoms with E-state index in [1.165, 1.54) is 0 Å². The van der Waals surface area contributed by atoms with Gasteiger partial charge in [-0.15, -0.1) is 0 Å². The van der Waals surface area contributed by atoms with Crippen molar-refractivity contribution in [2.24, 2.45) is 0 Å². The fourth-order valence-corrected chi connectivity index (χ4v) is 3.04. The summed E-state index contributed by atoms with van der Waals surface area (Å²) in [4.78, 5) is 19.3. The van der Waals surface area contributed by atoms with Gasteiger partial charge in [0.25, 0.3) is 5.56 Å². The number of rotatable bonds is 4. The Balaban J connectivity index is 1.68. The summed E-state index contributed by atoms with van der Waals surface area (Å²) in [5, 5.41) is 14.8. The molecule has 0 aliphatic heterocycles. The first-order chi connectivity index (χ1) is 13.6. The van der Waals surface area contributed by atoms with Crippen LogP contribution >= 0.6 is 11.6 Å². The van der Waals surface area contributed by atoms with Crippen LogP contribution in [0.5, 0.6) is 0 Å². The maximum Gasteiger partial charge on any atom is 0.259 e. The molecule has 6 nitrogen and oxygen atoms in total. The van der Waals surface area contributed by atoms with Crippen LogP contribution in [0.3, 0.4) is 0 Å². The molecule has 2 heterocycles. The molecule has 136 valence electrons. The van der Waals surface area contributed by atoms with Crippen LogP contribution in [0, 0.1) is 11.3 Å². The van der Waals surface area contributed by atoms with Gasteiger partial charge in [0.15, 0.2) is 5.82 Å². The van der Waals surface area contributed by atoms with E-state index in [9.17, 15) is 10.1 Å². The Hall–Kier alpha value is -3.69.